The largest absolute Gasteiger partial charge is 0.444 e. The fourth-order valence-corrected chi connectivity index (χ4v) is 3.04. The second-order valence-electron chi connectivity index (χ2n) is 8.05. The number of ether oxygens (including phenoxy) is 1. The highest BCUT2D eigenvalue weighted by Gasteiger charge is 2.44. The number of aromatic nitrogens is 1. The first-order valence-electron chi connectivity index (χ1n) is 9.70. The number of nitrogens with one attached hydrogen (secondary N) is 2. The molecule has 152 valence electrons. The minimum absolute atomic E-state index is 0.00302. The molecule has 0 aromatic carbocycles. The van der Waals surface area contributed by atoms with Gasteiger partial charge >= 0.3 is 6.09 Å². The van der Waals surface area contributed by atoms with Crippen LogP contribution in [0.4, 0.5) is 4.79 Å². The van der Waals surface area contributed by atoms with Crippen molar-refractivity contribution < 1.29 is 14.3 Å². The quantitative estimate of drug-likeness (QED) is 0.497. The number of pyridine rings is 1. The molecule has 1 aromatic heterocycles. The average Bonchev–Trinajstić information content (AvgIpc) is 3.41. The van der Waals surface area contributed by atoms with E-state index < -0.39 is 11.7 Å². The van der Waals surface area contributed by atoms with Crippen LogP contribution in [0.15, 0.2) is 43.6 Å². The molecule has 6 nitrogen and oxygen atoms in total. The summed E-state index contributed by atoms with van der Waals surface area (Å²) in [5.74, 6) is 0.271. The lowest BCUT2D eigenvalue weighted by Crippen LogP contribution is -2.35. The summed E-state index contributed by atoms with van der Waals surface area (Å²) in [6.07, 6.45) is 6.89. The molecule has 28 heavy (non-hydrogen) atoms. The highest BCUT2D eigenvalue weighted by Crippen LogP contribution is 2.47. The Hall–Kier alpha value is -2.63. The molecule has 1 aliphatic rings. The molecule has 0 radical (unpaired) electrons. The van der Waals surface area contributed by atoms with Crippen LogP contribution in [-0.4, -0.2) is 29.1 Å². The number of rotatable bonds is 9. The van der Waals surface area contributed by atoms with Crippen molar-refractivity contribution in [3.63, 3.8) is 0 Å². The first kappa shape index (κ1) is 21.7. The fraction of sp³-hybridized carbons (Fsp3) is 0.500. The number of carbonyl (C=O) groups excluding carboxylic acids is 2. The van der Waals surface area contributed by atoms with E-state index in [0.29, 0.717) is 13.0 Å². The number of nitrogens with zero attached hydrogens (tertiary/aromatic N) is 1. The van der Waals surface area contributed by atoms with Gasteiger partial charge in [0.05, 0.1) is 11.7 Å². The normalized spacial score (nSPS) is 19.2. The van der Waals surface area contributed by atoms with Crippen LogP contribution in [0.2, 0.25) is 0 Å². The summed E-state index contributed by atoms with van der Waals surface area (Å²) >= 11 is 0. The summed E-state index contributed by atoms with van der Waals surface area (Å²) in [5, 5.41) is 5.80. The summed E-state index contributed by atoms with van der Waals surface area (Å²) in [6, 6.07) is 3.57. The van der Waals surface area contributed by atoms with Gasteiger partial charge in [-0.2, -0.15) is 0 Å². The molecule has 1 aliphatic carbocycles. The monoisotopic (exact) mass is 385 g/mol. The maximum Gasteiger partial charge on any atom is 0.408 e. The zero-order chi connectivity index (χ0) is 20.7. The number of alkyl carbamates (subject to hydrolysis) is 1. The van der Waals surface area contributed by atoms with E-state index in [2.05, 4.69) is 28.8 Å². The first-order chi connectivity index (χ1) is 13.2. The van der Waals surface area contributed by atoms with Crippen molar-refractivity contribution in [1.29, 1.82) is 0 Å². The van der Waals surface area contributed by atoms with E-state index in [-0.39, 0.29) is 23.8 Å². The van der Waals surface area contributed by atoms with Crippen molar-refractivity contribution in [3.05, 3.63) is 54.9 Å². The van der Waals surface area contributed by atoms with E-state index in [4.69, 9.17) is 4.74 Å². The van der Waals surface area contributed by atoms with Crippen LogP contribution in [0.25, 0.3) is 0 Å². The van der Waals surface area contributed by atoms with E-state index in [1.807, 2.05) is 32.9 Å². The van der Waals surface area contributed by atoms with Gasteiger partial charge in [-0.15, -0.1) is 13.2 Å². The van der Waals surface area contributed by atoms with Crippen LogP contribution in [0.3, 0.4) is 0 Å². The van der Waals surface area contributed by atoms with Gasteiger partial charge in [0.15, 0.2) is 0 Å². The predicted octanol–water partition coefficient (Wildman–Crippen LogP) is 4.02. The minimum atomic E-state index is -0.571. The molecule has 1 heterocycles. The molecule has 0 unspecified atom stereocenters. The number of amides is 2. The fourth-order valence-electron chi connectivity index (χ4n) is 3.04. The number of hydrogen-bond donors (Lipinski definition) is 2. The van der Waals surface area contributed by atoms with Gasteiger partial charge in [0.25, 0.3) is 0 Å². The maximum absolute atomic E-state index is 12.2. The van der Waals surface area contributed by atoms with Crippen molar-refractivity contribution in [2.45, 2.75) is 57.6 Å². The Morgan fingerprint density at radius 1 is 1.36 bits per heavy atom. The Labute approximate surface area is 167 Å². The topological polar surface area (TPSA) is 80.3 Å². The Kier molecular flexibility index (Phi) is 7.38. The van der Waals surface area contributed by atoms with Gasteiger partial charge < -0.3 is 15.4 Å². The summed E-state index contributed by atoms with van der Waals surface area (Å²) in [5.41, 5.74) is 1.23. The molecule has 0 spiro atoms. The number of hydrogen-bond acceptors (Lipinski definition) is 4. The molecule has 2 amide bonds. The molecule has 2 rings (SSSR count). The molecule has 1 fully saturated rings. The molecular weight excluding hydrogens is 354 g/mol. The standard InChI is InChI=1S/C22H31N3O3/c1-6-8-11-24-20(26)17-14-16(17)15-10-12-23-19(13-15)18(9-7-2)25-21(27)28-22(3,4)5/h6-7,10,12-13,16-18H,1-2,8-9,11,14H2,3-5H3,(H,24,26)(H,25,27)/t16-,17-,18+/m1/s1. The second kappa shape index (κ2) is 9.53. The Bertz CT molecular complexity index is 724. The molecule has 2 N–H and O–H groups in total. The predicted molar refractivity (Wildman–Crippen MR) is 110 cm³/mol. The highest BCUT2D eigenvalue weighted by atomic mass is 16.6. The molecule has 3 atom stereocenters. The molecular formula is C22H31N3O3. The second-order valence-corrected chi connectivity index (χ2v) is 8.05. The third kappa shape index (κ3) is 6.51. The molecule has 1 aromatic rings. The molecule has 0 aliphatic heterocycles. The van der Waals surface area contributed by atoms with Crippen molar-refractivity contribution in [1.82, 2.24) is 15.6 Å². The van der Waals surface area contributed by atoms with Crippen LogP contribution in [-0.2, 0) is 9.53 Å². The summed E-state index contributed by atoms with van der Waals surface area (Å²) in [7, 11) is 0. The molecule has 6 heteroatoms. The number of carbonyl (C=O) groups is 2. The van der Waals surface area contributed by atoms with E-state index >= 15 is 0 Å². The Morgan fingerprint density at radius 2 is 2.11 bits per heavy atom. The minimum Gasteiger partial charge on any atom is -0.444 e. The Balaban J connectivity index is 2.03. The van der Waals surface area contributed by atoms with Crippen molar-refractivity contribution >= 4 is 12.0 Å². The zero-order valence-electron chi connectivity index (χ0n) is 17.0. The third-order valence-electron chi connectivity index (χ3n) is 4.46. The SMILES string of the molecule is C=CCCNC(=O)[C@@H]1C[C@@H]1c1ccnc([C@H](CC=C)NC(=O)OC(C)(C)C)c1. The van der Waals surface area contributed by atoms with E-state index in [1.165, 1.54) is 0 Å². The van der Waals surface area contributed by atoms with Crippen LogP contribution in [0.5, 0.6) is 0 Å². The van der Waals surface area contributed by atoms with Crippen molar-refractivity contribution in [3.8, 4) is 0 Å². The lowest BCUT2D eigenvalue weighted by Gasteiger charge is -2.23. The van der Waals surface area contributed by atoms with Crippen LogP contribution in [0.1, 0.15) is 63.3 Å². The van der Waals surface area contributed by atoms with Gasteiger partial charge in [-0.1, -0.05) is 12.2 Å². The Morgan fingerprint density at radius 3 is 2.75 bits per heavy atom. The summed E-state index contributed by atoms with van der Waals surface area (Å²) in [6.45, 7) is 13.5. The van der Waals surface area contributed by atoms with Crippen molar-refractivity contribution in [2.24, 2.45) is 5.92 Å². The highest BCUT2D eigenvalue weighted by molar-refractivity contribution is 5.82. The molecule has 1 saturated carbocycles. The summed E-state index contributed by atoms with van der Waals surface area (Å²) in [4.78, 5) is 28.8. The molecule has 0 saturated heterocycles. The van der Waals surface area contributed by atoms with Crippen molar-refractivity contribution in [2.75, 3.05) is 6.54 Å². The van der Waals surface area contributed by atoms with Crippen LogP contribution in [0, 0.1) is 5.92 Å². The molecule has 0 bridgehead atoms. The summed E-state index contributed by atoms with van der Waals surface area (Å²) < 4.78 is 5.35. The first-order valence-corrected chi connectivity index (χ1v) is 9.70. The van der Waals surface area contributed by atoms with Crippen LogP contribution >= 0.6 is 0 Å². The van der Waals surface area contributed by atoms with Gasteiger partial charge in [-0.3, -0.25) is 9.78 Å². The van der Waals surface area contributed by atoms with E-state index in [9.17, 15) is 9.59 Å². The van der Waals surface area contributed by atoms with E-state index in [0.717, 1.165) is 24.1 Å². The lowest BCUT2D eigenvalue weighted by atomic mass is 10.0. The van der Waals surface area contributed by atoms with Gasteiger partial charge in [0.2, 0.25) is 5.91 Å². The average molecular weight is 386 g/mol. The van der Waals surface area contributed by atoms with Gasteiger partial charge in [-0.05, 0) is 63.6 Å². The van der Waals surface area contributed by atoms with Crippen LogP contribution < -0.4 is 10.6 Å². The lowest BCUT2D eigenvalue weighted by molar-refractivity contribution is -0.122. The van der Waals surface area contributed by atoms with Gasteiger partial charge in [0.1, 0.15) is 5.60 Å². The zero-order valence-corrected chi connectivity index (χ0v) is 17.0. The van der Waals surface area contributed by atoms with Gasteiger partial charge in [-0.25, -0.2) is 4.79 Å². The van der Waals surface area contributed by atoms with E-state index in [1.54, 1.807) is 18.3 Å². The smallest absolute Gasteiger partial charge is 0.408 e. The maximum atomic E-state index is 12.2. The van der Waals surface area contributed by atoms with Gasteiger partial charge in [0, 0.05) is 18.7 Å². The third-order valence-corrected chi connectivity index (χ3v) is 4.46.